The number of ether oxygens (including phenoxy) is 1. The largest absolute Gasteiger partial charge is 0.496 e. The minimum Gasteiger partial charge on any atom is -0.496 e. The summed E-state index contributed by atoms with van der Waals surface area (Å²) in [5.41, 5.74) is 0.807. The molecule has 0 saturated heterocycles. The molecule has 0 fully saturated rings. The molecule has 2 aromatic carbocycles. The van der Waals surface area contributed by atoms with E-state index in [1.165, 1.54) is 25.3 Å². The standard InChI is InChI=1S/C14H9Br2FO2/c1-19-13-5-2-8(15)6-11(13)14(18)10-4-3-9(17)7-12(10)16/h2-7H,1H3. The van der Waals surface area contributed by atoms with Crippen molar-refractivity contribution in [2.75, 3.05) is 7.11 Å². The van der Waals surface area contributed by atoms with E-state index in [-0.39, 0.29) is 5.78 Å². The topological polar surface area (TPSA) is 26.3 Å². The van der Waals surface area contributed by atoms with Crippen LogP contribution in [0.15, 0.2) is 45.3 Å². The summed E-state index contributed by atoms with van der Waals surface area (Å²) < 4.78 is 19.4. The molecule has 0 spiro atoms. The lowest BCUT2D eigenvalue weighted by Gasteiger charge is -2.09. The number of carbonyl (C=O) groups is 1. The number of benzene rings is 2. The molecule has 0 aliphatic heterocycles. The summed E-state index contributed by atoms with van der Waals surface area (Å²) in [6.07, 6.45) is 0. The highest BCUT2D eigenvalue weighted by Gasteiger charge is 2.17. The molecule has 0 unspecified atom stereocenters. The van der Waals surface area contributed by atoms with Crippen LogP contribution in [-0.2, 0) is 0 Å². The van der Waals surface area contributed by atoms with Crippen LogP contribution in [0.4, 0.5) is 4.39 Å². The summed E-state index contributed by atoms with van der Waals surface area (Å²) in [6.45, 7) is 0. The van der Waals surface area contributed by atoms with Gasteiger partial charge >= 0.3 is 0 Å². The Morgan fingerprint density at radius 2 is 1.84 bits per heavy atom. The molecule has 0 aromatic heterocycles. The van der Waals surface area contributed by atoms with Crippen molar-refractivity contribution in [1.29, 1.82) is 0 Å². The van der Waals surface area contributed by atoms with E-state index in [2.05, 4.69) is 31.9 Å². The van der Waals surface area contributed by atoms with Crippen molar-refractivity contribution in [1.82, 2.24) is 0 Å². The Morgan fingerprint density at radius 3 is 2.47 bits per heavy atom. The third-order valence-corrected chi connectivity index (χ3v) is 3.73. The fourth-order valence-corrected chi connectivity index (χ4v) is 2.57. The minimum atomic E-state index is -0.398. The van der Waals surface area contributed by atoms with Crippen LogP contribution in [0.5, 0.6) is 5.75 Å². The van der Waals surface area contributed by atoms with Crippen LogP contribution in [-0.4, -0.2) is 12.9 Å². The zero-order valence-electron chi connectivity index (χ0n) is 9.91. The predicted octanol–water partition coefficient (Wildman–Crippen LogP) is 4.59. The normalized spacial score (nSPS) is 10.3. The summed E-state index contributed by atoms with van der Waals surface area (Å²) in [6, 6.07) is 9.13. The average molecular weight is 388 g/mol. The lowest BCUT2D eigenvalue weighted by molar-refractivity contribution is 0.103. The molecule has 0 aliphatic rings. The lowest BCUT2D eigenvalue weighted by atomic mass is 10.0. The molecule has 0 saturated carbocycles. The number of hydrogen-bond donors (Lipinski definition) is 0. The third-order valence-electron chi connectivity index (χ3n) is 2.58. The maximum atomic E-state index is 13.0. The van der Waals surface area contributed by atoms with Gasteiger partial charge in [0.15, 0.2) is 5.78 Å². The summed E-state index contributed by atoms with van der Waals surface area (Å²) in [7, 11) is 1.50. The van der Waals surface area contributed by atoms with Gasteiger partial charge in [0.1, 0.15) is 11.6 Å². The predicted molar refractivity (Wildman–Crippen MR) is 78.2 cm³/mol. The van der Waals surface area contributed by atoms with Crippen molar-refractivity contribution in [2.24, 2.45) is 0 Å². The van der Waals surface area contributed by atoms with E-state index in [0.717, 1.165) is 4.47 Å². The molecule has 0 radical (unpaired) electrons. The zero-order chi connectivity index (χ0) is 14.0. The second kappa shape index (κ2) is 5.84. The van der Waals surface area contributed by atoms with Gasteiger partial charge in [0.05, 0.1) is 12.7 Å². The highest BCUT2D eigenvalue weighted by Crippen LogP contribution is 2.28. The quantitative estimate of drug-likeness (QED) is 0.720. The molecule has 0 N–H and O–H groups in total. The first-order chi connectivity index (χ1) is 9.02. The molecular formula is C14H9Br2FO2. The summed E-state index contributed by atoms with van der Waals surface area (Å²) in [4.78, 5) is 12.5. The Labute approximate surface area is 126 Å². The first kappa shape index (κ1) is 14.2. The fraction of sp³-hybridized carbons (Fsp3) is 0.0714. The van der Waals surface area contributed by atoms with Crippen LogP contribution in [0.3, 0.4) is 0 Å². The zero-order valence-corrected chi connectivity index (χ0v) is 13.1. The van der Waals surface area contributed by atoms with Gasteiger partial charge in [-0.05, 0) is 52.3 Å². The monoisotopic (exact) mass is 386 g/mol. The average Bonchev–Trinajstić information content (AvgIpc) is 2.38. The molecule has 0 bridgehead atoms. The summed E-state index contributed by atoms with van der Waals surface area (Å²) in [5, 5.41) is 0. The molecular weight excluding hydrogens is 379 g/mol. The van der Waals surface area contributed by atoms with Crippen LogP contribution in [0.2, 0.25) is 0 Å². The van der Waals surface area contributed by atoms with Gasteiger partial charge in [-0.25, -0.2) is 4.39 Å². The first-order valence-electron chi connectivity index (χ1n) is 5.36. The Bertz CT molecular complexity index is 641. The molecule has 2 aromatic rings. The van der Waals surface area contributed by atoms with E-state index >= 15 is 0 Å². The molecule has 0 heterocycles. The van der Waals surface area contributed by atoms with Crippen molar-refractivity contribution >= 4 is 37.6 Å². The summed E-state index contributed by atoms with van der Waals surface area (Å²) in [5.74, 6) is -0.154. The van der Waals surface area contributed by atoms with Crippen LogP contribution in [0.1, 0.15) is 15.9 Å². The smallest absolute Gasteiger partial charge is 0.197 e. The summed E-state index contributed by atoms with van der Waals surface area (Å²) >= 11 is 6.51. The van der Waals surface area contributed by atoms with E-state index in [1.54, 1.807) is 18.2 Å². The number of ketones is 1. The van der Waals surface area contributed by atoms with Crippen molar-refractivity contribution in [3.8, 4) is 5.75 Å². The molecule has 5 heteroatoms. The van der Waals surface area contributed by atoms with Gasteiger partial charge in [-0.1, -0.05) is 15.9 Å². The molecule has 19 heavy (non-hydrogen) atoms. The fourth-order valence-electron chi connectivity index (χ4n) is 1.68. The Morgan fingerprint density at radius 1 is 1.11 bits per heavy atom. The second-order valence-corrected chi connectivity index (χ2v) is 5.57. The Kier molecular flexibility index (Phi) is 4.37. The van der Waals surface area contributed by atoms with Gasteiger partial charge < -0.3 is 4.74 Å². The van der Waals surface area contributed by atoms with Gasteiger partial charge in [0, 0.05) is 14.5 Å². The molecule has 2 rings (SSSR count). The Hall–Kier alpha value is -1.20. The molecule has 0 amide bonds. The maximum absolute atomic E-state index is 13.0. The van der Waals surface area contributed by atoms with Crippen molar-refractivity contribution in [3.05, 3.63) is 62.3 Å². The van der Waals surface area contributed by atoms with E-state index in [9.17, 15) is 9.18 Å². The van der Waals surface area contributed by atoms with Crippen LogP contribution >= 0.6 is 31.9 Å². The minimum absolute atomic E-state index is 0.231. The Balaban J connectivity index is 2.52. The van der Waals surface area contributed by atoms with Crippen LogP contribution < -0.4 is 4.74 Å². The van der Waals surface area contributed by atoms with Crippen molar-refractivity contribution in [2.45, 2.75) is 0 Å². The van der Waals surface area contributed by atoms with Crippen LogP contribution in [0.25, 0.3) is 0 Å². The van der Waals surface area contributed by atoms with Gasteiger partial charge in [0.2, 0.25) is 0 Å². The number of methoxy groups -OCH3 is 1. The molecule has 0 atom stereocenters. The van der Waals surface area contributed by atoms with Gasteiger partial charge in [-0.2, -0.15) is 0 Å². The molecule has 98 valence electrons. The third kappa shape index (κ3) is 3.04. The van der Waals surface area contributed by atoms with Crippen molar-refractivity contribution in [3.63, 3.8) is 0 Å². The second-order valence-electron chi connectivity index (χ2n) is 3.80. The van der Waals surface area contributed by atoms with Crippen LogP contribution in [0, 0.1) is 5.82 Å². The molecule has 2 nitrogen and oxygen atoms in total. The number of hydrogen-bond acceptors (Lipinski definition) is 2. The van der Waals surface area contributed by atoms with E-state index in [4.69, 9.17) is 4.74 Å². The van der Waals surface area contributed by atoms with Gasteiger partial charge in [-0.3, -0.25) is 4.79 Å². The number of halogens is 3. The maximum Gasteiger partial charge on any atom is 0.197 e. The van der Waals surface area contributed by atoms with Gasteiger partial charge in [-0.15, -0.1) is 0 Å². The molecule has 0 aliphatic carbocycles. The van der Waals surface area contributed by atoms with Gasteiger partial charge in [0.25, 0.3) is 0 Å². The van der Waals surface area contributed by atoms with Crippen molar-refractivity contribution < 1.29 is 13.9 Å². The first-order valence-corrected chi connectivity index (χ1v) is 6.95. The number of rotatable bonds is 3. The highest BCUT2D eigenvalue weighted by molar-refractivity contribution is 9.10. The SMILES string of the molecule is COc1ccc(Br)cc1C(=O)c1ccc(F)cc1Br. The number of carbonyl (C=O) groups excluding carboxylic acids is 1. The van der Waals surface area contributed by atoms with E-state index < -0.39 is 5.82 Å². The lowest BCUT2D eigenvalue weighted by Crippen LogP contribution is -2.05. The van der Waals surface area contributed by atoms with E-state index in [0.29, 0.717) is 21.3 Å². The highest BCUT2D eigenvalue weighted by atomic mass is 79.9. The van der Waals surface area contributed by atoms with E-state index in [1.807, 2.05) is 0 Å².